The van der Waals surface area contributed by atoms with E-state index < -0.39 is 5.97 Å². The number of hydrogen-bond donors (Lipinski definition) is 3. The molecule has 6 nitrogen and oxygen atoms in total. The summed E-state index contributed by atoms with van der Waals surface area (Å²) in [6.07, 6.45) is 0. The lowest BCUT2D eigenvalue weighted by Crippen LogP contribution is -2.02. The molecule has 1 rings (SSSR count). The van der Waals surface area contributed by atoms with Gasteiger partial charge >= 0.3 is 5.97 Å². The van der Waals surface area contributed by atoms with E-state index in [-0.39, 0.29) is 22.5 Å². The number of thioether (sulfide) groups is 1. The smallest absolute Gasteiger partial charge is 0.313 e. The second-order valence-corrected chi connectivity index (χ2v) is 3.13. The number of carboxylic acids is 1. The van der Waals surface area contributed by atoms with E-state index in [1.165, 1.54) is 6.07 Å². The summed E-state index contributed by atoms with van der Waals surface area (Å²) in [6.45, 7) is 0. The van der Waals surface area contributed by atoms with E-state index in [2.05, 4.69) is 9.97 Å². The van der Waals surface area contributed by atoms with Gasteiger partial charge in [0.15, 0.2) is 5.16 Å². The number of carboxylic acid groups (broad SMARTS) is 1. The maximum absolute atomic E-state index is 10.2. The average Bonchev–Trinajstić information content (AvgIpc) is 1.99. The van der Waals surface area contributed by atoms with E-state index in [0.717, 1.165) is 11.8 Å². The van der Waals surface area contributed by atoms with Crippen LogP contribution < -0.4 is 11.5 Å². The summed E-state index contributed by atoms with van der Waals surface area (Å²) >= 11 is 0.975. The number of hydrogen-bond acceptors (Lipinski definition) is 6. The first-order chi connectivity index (χ1) is 6.08. The van der Waals surface area contributed by atoms with Crippen molar-refractivity contribution < 1.29 is 9.90 Å². The molecule has 0 atom stereocenters. The Bertz CT molecular complexity index is 310. The van der Waals surface area contributed by atoms with E-state index >= 15 is 0 Å². The highest BCUT2D eigenvalue weighted by Gasteiger charge is 2.04. The Labute approximate surface area is 78.4 Å². The molecule has 0 saturated heterocycles. The van der Waals surface area contributed by atoms with E-state index in [1.807, 2.05) is 0 Å². The number of rotatable bonds is 3. The van der Waals surface area contributed by atoms with E-state index in [1.54, 1.807) is 0 Å². The fourth-order valence-corrected chi connectivity index (χ4v) is 1.25. The number of aromatic nitrogens is 2. The number of aliphatic carboxylic acids is 1. The van der Waals surface area contributed by atoms with Crippen molar-refractivity contribution in [3.8, 4) is 0 Å². The molecular formula is C6H8N4O2S. The number of nitrogen functional groups attached to an aromatic ring is 2. The SMILES string of the molecule is Nc1cc(N)nc(SCC(=O)O)n1. The minimum atomic E-state index is -0.936. The lowest BCUT2D eigenvalue weighted by Gasteiger charge is -1.99. The van der Waals surface area contributed by atoms with Crippen LogP contribution in [0, 0.1) is 0 Å². The lowest BCUT2D eigenvalue weighted by atomic mass is 10.5. The van der Waals surface area contributed by atoms with Gasteiger partial charge < -0.3 is 16.6 Å². The van der Waals surface area contributed by atoms with Crippen LogP contribution in [-0.2, 0) is 4.79 Å². The lowest BCUT2D eigenvalue weighted by molar-refractivity contribution is -0.133. The zero-order valence-electron chi connectivity index (χ0n) is 6.60. The van der Waals surface area contributed by atoms with Gasteiger partial charge in [0.1, 0.15) is 11.6 Å². The van der Waals surface area contributed by atoms with Crippen molar-refractivity contribution in [2.45, 2.75) is 5.16 Å². The van der Waals surface area contributed by atoms with Crippen molar-refractivity contribution in [3.63, 3.8) is 0 Å². The first kappa shape index (κ1) is 9.59. The predicted molar refractivity (Wildman–Crippen MR) is 49.2 cm³/mol. The zero-order valence-corrected chi connectivity index (χ0v) is 7.41. The van der Waals surface area contributed by atoms with E-state index in [0.29, 0.717) is 0 Å². The third-order valence-electron chi connectivity index (χ3n) is 1.07. The van der Waals surface area contributed by atoms with Gasteiger partial charge in [-0.2, -0.15) is 0 Å². The quantitative estimate of drug-likeness (QED) is 0.457. The van der Waals surface area contributed by atoms with Crippen molar-refractivity contribution >= 4 is 29.4 Å². The molecule has 0 aliphatic carbocycles. The van der Waals surface area contributed by atoms with Crippen molar-refractivity contribution in [2.24, 2.45) is 0 Å². The van der Waals surface area contributed by atoms with Crippen LogP contribution in [0.2, 0.25) is 0 Å². The Hall–Kier alpha value is -1.50. The monoisotopic (exact) mass is 200 g/mol. The summed E-state index contributed by atoms with van der Waals surface area (Å²) < 4.78 is 0. The minimum Gasteiger partial charge on any atom is -0.481 e. The zero-order chi connectivity index (χ0) is 9.84. The Morgan fingerprint density at radius 3 is 2.46 bits per heavy atom. The largest absolute Gasteiger partial charge is 0.481 e. The second-order valence-electron chi connectivity index (χ2n) is 2.18. The molecule has 0 spiro atoms. The van der Waals surface area contributed by atoms with Crippen LogP contribution >= 0.6 is 11.8 Å². The molecule has 0 aromatic carbocycles. The van der Waals surface area contributed by atoms with Gasteiger partial charge in [-0.05, 0) is 0 Å². The van der Waals surface area contributed by atoms with Crippen molar-refractivity contribution in [3.05, 3.63) is 6.07 Å². The first-order valence-corrected chi connectivity index (χ1v) is 4.31. The Kier molecular flexibility index (Phi) is 2.91. The fraction of sp³-hybridized carbons (Fsp3) is 0.167. The van der Waals surface area contributed by atoms with Crippen LogP contribution in [0.5, 0.6) is 0 Å². The molecule has 1 heterocycles. The van der Waals surface area contributed by atoms with Crippen molar-refractivity contribution in [1.29, 1.82) is 0 Å². The highest BCUT2D eigenvalue weighted by Crippen LogP contribution is 2.15. The molecule has 0 aliphatic heterocycles. The third kappa shape index (κ3) is 3.16. The normalized spacial score (nSPS) is 9.85. The molecule has 0 saturated carbocycles. The molecule has 0 radical (unpaired) electrons. The van der Waals surface area contributed by atoms with Gasteiger partial charge in [-0.15, -0.1) is 0 Å². The van der Waals surface area contributed by atoms with Gasteiger partial charge in [0, 0.05) is 6.07 Å². The van der Waals surface area contributed by atoms with Crippen LogP contribution in [0.1, 0.15) is 0 Å². The van der Waals surface area contributed by atoms with Crippen molar-refractivity contribution in [2.75, 3.05) is 17.2 Å². The Morgan fingerprint density at radius 1 is 1.46 bits per heavy atom. The molecule has 5 N–H and O–H groups in total. The summed E-state index contributed by atoms with van der Waals surface area (Å²) in [5.41, 5.74) is 10.7. The number of nitrogens with two attached hydrogens (primary N) is 2. The number of nitrogens with zero attached hydrogens (tertiary/aromatic N) is 2. The highest BCUT2D eigenvalue weighted by atomic mass is 32.2. The summed E-state index contributed by atoms with van der Waals surface area (Å²) in [4.78, 5) is 17.8. The molecule has 1 aromatic rings. The summed E-state index contributed by atoms with van der Waals surface area (Å²) in [6, 6.07) is 1.41. The predicted octanol–water partition coefficient (Wildman–Crippen LogP) is -0.182. The summed E-state index contributed by atoms with van der Waals surface area (Å²) in [5, 5.41) is 8.65. The van der Waals surface area contributed by atoms with Gasteiger partial charge in [-0.1, -0.05) is 11.8 Å². The molecule has 0 fully saturated rings. The van der Waals surface area contributed by atoms with Crippen LogP contribution in [0.3, 0.4) is 0 Å². The fourth-order valence-electron chi connectivity index (χ4n) is 0.653. The van der Waals surface area contributed by atoms with Crippen LogP contribution in [-0.4, -0.2) is 26.8 Å². The van der Waals surface area contributed by atoms with Crippen LogP contribution in [0.4, 0.5) is 11.6 Å². The molecule has 7 heteroatoms. The standard InChI is InChI=1S/C6H8N4O2S/c7-3-1-4(8)10-6(9-3)13-2-5(11)12/h1H,2H2,(H,11,12)(H4,7,8,9,10). The second kappa shape index (κ2) is 3.94. The molecule has 13 heavy (non-hydrogen) atoms. The van der Waals surface area contributed by atoms with E-state index in [9.17, 15) is 4.79 Å². The van der Waals surface area contributed by atoms with Gasteiger partial charge in [-0.3, -0.25) is 4.79 Å². The van der Waals surface area contributed by atoms with Crippen molar-refractivity contribution in [1.82, 2.24) is 9.97 Å². The highest BCUT2D eigenvalue weighted by molar-refractivity contribution is 7.99. The molecule has 0 unspecified atom stereocenters. The van der Waals surface area contributed by atoms with E-state index in [4.69, 9.17) is 16.6 Å². The average molecular weight is 200 g/mol. The van der Waals surface area contributed by atoms with Gasteiger partial charge in [0.2, 0.25) is 0 Å². The third-order valence-corrected chi connectivity index (χ3v) is 1.90. The molecule has 0 amide bonds. The number of anilines is 2. The molecule has 1 aromatic heterocycles. The van der Waals surface area contributed by atoms with Gasteiger partial charge in [0.25, 0.3) is 0 Å². The molecule has 70 valence electrons. The molecule has 0 bridgehead atoms. The topological polar surface area (TPSA) is 115 Å². The Balaban J connectivity index is 2.71. The van der Waals surface area contributed by atoms with Crippen LogP contribution in [0.25, 0.3) is 0 Å². The van der Waals surface area contributed by atoms with Gasteiger partial charge in [0.05, 0.1) is 5.75 Å². The maximum Gasteiger partial charge on any atom is 0.313 e. The molecular weight excluding hydrogens is 192 g/mol. The maximum atomic E-state index is 10.2. The van der Waals surface area contributed by atoms with Gasteiger partial charge in [-0.25, -0.2) is 9.97 Å². The Morgan fingerprint density at radius 2 is 2.00 bits per heavy atom. The van der Waals surface area contributed by atoms with Crippen LogP contribution in [0.15, 0.2) is 11.2 Å². The minimum absolute atomic E-state index is 0.108. The summed E-state index contributed by atoms with van der Waals surface area (Å²) in [7, 11) is 0. The molecule has 0 aliphatic rings. The number of carbonyl (C=O) groups is 1. The first-order valence-electron chi connectivity index (χ1n) is 3.32. The summed E-state index contributed by atoms with van der Waals surface area (Å²) in [5.74, 6) is -0.571.